The van der Waals surface area contributed by atoms with Gasteiger partial charge in [0, 0.05) is 37.4 Å². The maximum atomic E-state index is 14.1. The first-order valence-electron chi connectivity index (χ1n) is 13.3. The van der Waals surface area contributed by atoms with E-state index >= 15 is 0 Å². The van der Waals surface area contributed by atoms with Crippen LogP contribution in [0.2, 0.25) is 0 Å². The van der Waals surface area contributed by atoms with Gasteiger partial charge in [-0.2, -0.15) is 0 Å². The van der Waals surface area contributed by atoms with Crippen molar-refractivity contribution in [3.8, 4) is 0 Å². The van der Waals surface area contributed by atoms with Crippen LogP contribution in [0, 0.1) is 5.82 Å². The molecule has 13 heteroatoms. The van der Waals surface area contributed by atoms with Gasteiger partial charge in [0.2, 0.25) is 0 Å². The van der Waals surface area contributed by atoms with E-state index in [0.717, 1.165) is 57.0 Å². The molecule has 0 spiro atoms. The number of pyridine rings is 1. The molecule has 2 fully saturated rings. The Morgan fingerprint density at radius 3 is 2.54 bits per heavy atom. The minimum atomic E-state index is -0.628. The Hall–Kier alpha value is -4.00. The van der Waals surface area contributed by atoms with Crippen molar-refractivity contribution in [3.63, 3.8) is 0 Å². The fourth-order valence-corrected chi connectivity index (χ4v) is 4.52. The number of carbonyl (C=O) groups excluding carboxylic acids is 2. The molecule has 0 unspecified atom stereocenters. The van der Waals surface area contributed by atoms with Gasteiger partial charge in [0.25, 0.3) is 5.91 Å². The third kappa shape index (κ3) is 6.91. The van der Waals surface area contributed by atoms with Crippen molar-refractivity contribution in [2.45, 2.75) is 56.7 Å². The number of anilines is 3. The number of rotatable bonds is 10. The molecule has 2 amide bonds. The Balaban J connectivity index is 1.25. The summed E-state index contributed by atoms with van der Waals surface area (Å²) in [5, 5.41) is 17.0. The van der Waals surface area contributed by atoms with Crippen LogP contribution < -0.4 is 21.3 Å². The molecule has 4 N–H and O–H groups in total. The Kier molecular flexibility index (Phi) is 8.05. The number of amides is 2. The molecule has 3 aromatic heterocycles. The van der Waals surface area contributed by atoms with Crippen LogP contribution in [-0.2, 0) is 4.74 Å². The number of fused-ring (bicyclic) bond motifs is 1. The lowest BCUT2D eigenvalue weighted by molar-refractivity contribution is 0.0729. The summed E-state index contributed by atoms with van der Waals surface area (Å²) in [4.78, 5) is 35.2. The van der Waals surface area contributed by atoms with Crippen LogP contribution in [0.4, 0.5) is 26.4 Å². The van der Waals surface area contributed by atoms with Gasteiger partial charge in [0.05, 0.1) is 23.8 Å². The summed E-state index contributed by atoms with van der Waals surface area (Å²) >= 11 is 0. The molecule has 2 aliphatic carbocycles. The van der Waals surface area contributed by atoms with Gasteiger partial charge in [-0.3, -0.25) is 9.78 Å². The van der Waals surface area contributed by atoms with Crippen LogP contribution in [0.1, 0.15) is 49.0 Å². The second-order valence-corrected chi connectivity index (χ2v) is 10.3. The zero-order valence-corrected chi connectivity index (χ0v) is 22.1. The third-order valence-electron chi connectivity index (χ3n) is 6.79. The Bertz CT molecular complexity index is 1320. The number of hydrogen-bond acceptors (Lipinski definition) is 9. The van der Waals surface area contributed by atoms with Crippen molar-refractivity contribution in [1.29, 1.82) is 0 Å². The third-order valence-corrected chi connectivity index (χ3v) is 6.79. The number of halogens is 1. The van der Waals surface area contributed by atoms with Gasteiger partial charge < -0.3 is 30.9 Å². The molecular formula is C26H34FN9O3. The number of imidazole rings is 1. The minimum Gasteiger partial charge on any atom is -0.446 e. The van der Waals surface area contributed by atoms with Crippen LogP contribution >= 0.6 is 0 Å². The van der Waals surface area contributed by atoms with Gasteiger partial charge in [-0.05, 0) is 58.7 Å². The van der Waals surface area contributed by atoms with Gasteiger partial charge in [0.1, 0.15) is 11.9 Å². The Labute approximate surface area is 225 Å². The van der Waals surface area contributed by atoms with Crippen molar-refractivity contribution < 1.29 is 18.7 Å². The van der Waals surface area contributed by atoms with E-state index < -0.39 is 11.7 Å². The highest BCUT2D eigenvalue weighted by atomic mass is 19.1. The van der Waals surface area contributed by atoms with Crippen molar-refractivity contribution in [2.24, 2.45) is 0 Å². The van der Waals surface area contributed by atoms with Crippen molar-refractivity contribution >= 4 is 34.8 Å². The molecule has 208 valence electrons. The predicted molar refractivity (Wildman–Crippen MR) is 144 cm³/mol. The van der Waals surface area contributed by atoms with E-state index in [1.807, 2.05) is 25.1 Å². The number of hydrogen-bond donors (Lipinski definition) is 4. The lowest BCUT2D eigenvalue weighted by atomic mass is 9.93. The van der Waals surface area contributed by atoms with Gasteiger partial charge >= 0.3 is 6.09 Å². The summed E-state index contributed by atoms with van der Waals surface area (Å²) in [6, 6.07) is 3.79. The number of aromatic nitrogens is 4. The van der Waals surface area contributed by atoms with Crippen LogP contribution in [0.15, 0.2) is 30.7 Å². The largest absolute Gasteiger partial charge is 0.446 e. The first-order valence-corrected chi connectivity index (χ1v) is 13.3. The van der Waals surface area contributed by atoms with Crippen LogP contribution in [0.25, 0.3) is 5.65 Å². The van der Waals surface area contributed by atoms with E-state index in [9.17, 15) is 14.0 Å². The molecule has 2 aliphatic rings. The van der Waals surface area contributed by atoms with Gasteiger partial charge in [-0.15, -0.1) is 5.10 Å². The molecule has 0 radical (unpaired) electrons. The summed E-state index contributed by atoms with van der Waals surface area (Å²) in [6.45, 7) is 1.29. The quantitative estimate of drug-likeness (QED) is 0.306. The highest BCUT2D eigenvalue weighted by Crippen LogP contribution is 2.30. The number of nitrogens with zero attached hydrogens (tertiary/aromatic N) is 5. The van der Waals surface area contributed by atoms with Gasteiger partial charge in [-0.1, -0.05) is 0 Å². The van der Waals surface area contributed by atoms with E-state index in [2.05, 4.69) is 36.3 Å². The van der Waals surface area contributed by atoms with Crippen molar-refractivity contribution in [1.82, 2.24) is 29.8 Å². The van der Waals surface area contributed by atoms with E-state index in [4.69, 9.17) is 4.74 Å². The molecule has 3 aromatic rings. The lowest BCUT2D eigenvalue weighted by Gasteiger charge is -2.29. The molecule has 12 nitrogen and oxygen atoms in total. The SMILES string of the molecule is CN(C)CCNC(=O)OC1CCC(Nc2cc(NC3CC3)c3ncc(C(=O)Nc4ccncc4F)n3n2)CC1. The Morgan fingerprint density at radius 2 is 1.82 bits per heavy atom. The standard InChI is InChI=1S/C26H34FN9O3/c1-35(2)12-11-29-26(38)39-18-7-5-17(6-8-18)32-23-13-21(31-16-3-4-16)24-30-15-22(36(24)34-23)25(37)33-20-9-10-28-14-19(20)27/h9-10,13-18,31H,3-8,11-12H2,1-2H3,(H,29,38)(H,32,34)(H,28,33,37). The first-order chi connectivity index (χ1) is 18.9. The molecule has 0 aliphatic heterocycles. The summed E-state index contributed by atoms with van der Waals surface area (Å²) in [5.41, 5.74) is 1.50. The van der Waals surface area contributed by atoms with Crippen molar-refractivity contribution in [2.75, 3.05) is 43.1 Å². The fraction of sp³-hybridized carbons (Fsp3) is 0.500. The summed E-state index contributed by atoms with van der Waals surface area (Å²) in [6.07, 6.45) is 8.61. The topological polar surface area (TPSA) is 138 Å². The van der Waals surface area contributed by atoms with Crippen LogP contribution in [0.5, 0.6) is 0 Å². The van der Waals surface area contributed by atoms with Gasteiger partial charge in [0.15, 0.2) is 17.2 Å². The highest BCUT2D eigenvalue weighted by molar-refractivity contribution is 6.03. The molecule has 0 atom stereocenters. The zero-order chi connectivity index (χ0) is 27.4. The number of nitrogens with one attached hydrogen (secondary N) is 4. The molecule has 3 heterocycles. The lowest BCUT2D eigenvalue weighted by Crippen LogP contribution is -2.36. The molecule has 0 bridgehead atoms. The second kappa shape index (κ2) is 11.8. The van der Waals surface area contributed by atoms with E-state index in [1.165, 1.54) is 23.0 Å². The average molecular weight is 540 g/mol. The number of carbonyl (C=O) groups is 2. The second-order valence-electron chi connectivity index (χ2n) is 10.3. The Morgan fingerprint density at radius 1 is 1.08 bits per heavy atom. The number of alkyl carbamates (subject to hydrolysis) is 1. The fourth-order valence-electron chi connectivity index (χ4n) is 4.52. The molecule has 2 saturated carbocycles. The molecule has 0 saturated heterocycles. The summed E-state index contributed by atoms with van der Waals surface area (Å²) in [7, 11) is 3.90. The predicted octanol–water partition coefficient (Wildman–Crippen LogP) is 3.10. The minimum absolute atomic E-state index is 0.0286. The summed E-state index contributed by atoms with van der Waals surface area (Å²) < 4.78 is 21.1. The molecule has 0 aromatic carbocycles. The van der Waals surface area contributed by atoms with E-state index in [1.54, 1.807) is 0 Å². The average Bonchev–Trinajstić information content (AvgIpc) is 3.61. The normalized spacial score (nSPS) is 19.1. The maximum absolute atomic E-state index is 14.1. The first kappa shape index (κ1) is 26.6. The molecule has 5 rings (SSSR count). The molecular weight excluding hydrogens is 505 g/mol. The highest BCUT2D eigenvalue weighted by Gasteiger charge is 2.27. The van der Waals surface area contributed by atoms with E-state index in [-0.39, 0.29) is 29.6 Å². The summed E-state index contributed by atoms with van der Waals surface area (Å²) in [5.74, 6) is -0.563. The maximum Gasteiger partial charge on any atom is 0.407 e. The molecule has 39 heavy (non-hydrogen) atoms. The smallest absolute Gasteiger partial charge is 0.407 e. The van der Waals surface area contributed by atoms with Crippen LogP contribution in [0.3, 0.4) is 0 Å². The monoisotopic (exact) mass is 539 g/mol. The zero-order valence-electron chi connectivity index (χ0n) is 22.1. The van der Waals surface area contributed by atoms with E-state index in [0.29, 0.717) is 24.1 Å². The number of ether oxygens (including phenoxy) is 1. The number of likely N-dealkylation sites (N-methyl/N-ethyl adjacent to an activating group) is 1. The van der Waals surface area contributed by atoms with Crippen LogP contribution in [-0.4, -0.2) is 81.9 Å². The van der Waals surface area contributed by atoms with Crippen molar-refractivity contribution in [3.05, 3.63) is 42.2 Å². The van der Waals surface area contributed by atoms with Gasteiger partial charge in [-0.25, -0.2) is 18.7 Å².